The molecule has 10 nitrogen and oxygen atoms in total. The summed E-state index contributed by atoms with van der Waals surface area (Å²) in [6.07, 6.45) is 0.818. The van der Waals surface area contributed by atoms with Gasteiger partial charge >= 0.3 is 0 Å². The molecule has 4 atom stereocenters. The predicted octanol–water partition coefficient (Wildman–Crippen LogP) is 1.72. The SMILES string of the molecule is O=C1c2ccc(S(=O)(=O)c3ccc4c(c3)C(=O)C(C(=O)C3CCOC3)C4=O)cc2C(=O)C1C(=O)C1CCOC1. The van der Waals surface area contributed by atoms with Crippen molar-refractivity contribution in [3.8, 4) is 0 Å². The number of hydrogen-bond acceptors (Lipinski definition) is 10. The van der Waals surface area contributed by atoms with E-state index in [2.05, 4.69) is 0 Å². The minimum absolute atomic E-state index is 0.0248. The van der Waals surface area contributed by atoms with Crippen LogP contribution in [0.25, 0.3) is 0 Å². The molecule has 0 amide bonds. The summed E-state index contributed by atoms with van der Waals surface area (Å²) in [5.41, 5.74) is -0.364. The maximum absolute atomic E-state index is 13.5. The van der Waals surface area contributed by atoms with Gasteiger partial charge < -0.3 is 9.47 Å². The summed E-state index contributed by atoms with van der Waals surface area (Å²) in [7, 11) is -4.31. The molecule has 0 N–H and O–H groups in total. The molecule has 0 saturated carbocycles. The number of ether oxygens (including phenoxy) is 2. The van der Waals surface area contributed by atoms with Crippen molar-refractivity contribution in [2.75, 3.05) is 26.4 Å². The number of fused-ring (bicyclic) bond motifs is 2. The zero-order valence-corrected chi connectivity index (χ0v) is 21.3. The molecular weight excluding hydrogens is 528 g/mol. The molecule has 0 aromatic heterocycles. The molecular formula is C28H22O10S. The van der Waals surface area contributed by atoms with Crippen LogP contribution in [0.1, 0.15) is 54.3 Å². The predicted molar refractivity (Wildman–Crippen MR) is 131 cm³/mol. The smallest absolute Gasteiger partial charge is 0.206 e. The quantitative estimate of drug-likeness (QED) is 0.486. The molecule has 11 heteroatoms. The second-order valence-corrected chi connectivity index (χ2v) is 12.1. The highest BCUT2D eigenvalue weighted by Crippen LogP contribution is 2.36. The van der Waals surface area contributed by atoms with Crippen LogP contribution in [0, 0.1) is 23.7 Å². The van der Waals surface area contributed by atoms with Gasteiger partial charge in [-0.2, -0.15) is 0 Å². The average molecular weight is 551 g/mol. The van der Waals surface area contributed by atoms with Crippen LogP contribution in [0.2, 0.25) is 0 Å². The topological polar surface area (TPSA) is 155 Å². The lowest BCUT2D eigenvalue weighted by Gasteiger charge is -2.10. The van der Waals surface area contributed by atoms with Gasteiger partial charge in [-0.1, -0.05) is 0 Å². The highest BCUT2D eigenvalue weighted by Gasteiger charge is 2.48. The van der Waals surface area contributed by atoms with Crippen LogP contribution < -0.4 is 0 Å². The molecule has 2 aliphatic carbocycles. The summed E-state index contributed by atoms with van der Waals surface area (Å²) in [6, 6.07) is 6.88. The summed E-state index contributed by atoms with van der Waals surface area (Å²) >= 11 is 0. The Morgan fingerprint density at radius 1 is 0.615 bits per heavy atom. The summed E-state index contributed by atoms with van der Waals surface area (Å²) in [6.45, 7) is 0.984. The Kier molecular flexibility index (Phi) is 6.05. The molecule has 0 bridgehead atoms. The number of hydrogen-bond donors (Lipinski definition) is 0. The van der Waals surface area contributed by atoms with Crippen LogP contribution in [-0.2, 0) is 28.9 Å². The first kappa shape index (κ1) is 25.6. The highest BCUT2D eigenvalue weighted by atomic mass is 32.2. The van der Waals surface area contributed by atoms with Gasteiger partial charge in [0.05, 0.1) is 23.0 Å². The Balaban J connectivity index is 1.31. The molecule has 4 unspecified atom stereocenters. The number of benzene rings is 2. The van der Waals surface area contributed by atoms with E-state index in [1.54, 1.807) is 0 Å². The molecule has 39 heavy (non-hydrogen) atoms. The summed E-state index contributed by atoms with van der Waals surface area (Å²) in [5.74, 6) is -8.07. The Bertz CT molecular complexity index is 1490. The summed E-state index contributed by atoms with van der Waals surface area (Å²) in [4.78, 5) is 76.9. The molecule has 0 spiro atoms. The largest absolute Gasteiger partial charge is 0.381 e. The second-order valence-electron chi connectivity index (χ2n) is 10.2. The highest BCUT2D eigenvalue weighted by molar-refractivity contribution is 7.91. The van der Waals surface area contributed by atoms with E-state index < -0.39 is 68.2 Å². The lowest BCUT2D eigenvalue weighted by atomic mass is 9.89. The van der Waals surface area contributed by atoms with Crippen molar-refractivity contribution in [2.45, 2.75) is 22.6 Å². The van der Waals surface area contributed by atoms with Crippen molar-refractivity contribution in [2.24, 2.45) is 23.7 Å². The minimum Gasteiger partial charge on any atom is -0.381 e. The zero-order chi connectivity index (χ0) is 27.6. The monoisotopic (exact) mass is 550 g/mol. The van der Waals surface area contributed by atoms with Gasteiger partial charge in [0.2, 0.25) is 9.84 Å². The maximum Gasteiger partial charge on any atom is 0.206 e. The first-order valence-corrected chi connectivity index (χ1v) is 14.0. The number of sulfone groups is 1. The standard InChI is InChI=1S/C28H22O10S/c29-23(13-5-7-37-11-13)21-25(31)17-3-1-15(9-19(17)27(21)33)39(35,36)16-2-4-18-20(10-16)28(34)22(26(18)32)24(30)14-6-8-38-12-14/h1-4,9-10,13-14,21-22H,5-8,11-12H2. The number of rotatable bonds is 6. The third-order valence-electron chi connectivity index (χ3n) is 7.95. The number of Topliss-reactive ketones (excluding diaryl/α,β-unsaturated/α-hetero) is 6. The lowest BCUT2D eigenvalue weighted by molar-refractivity contribution is -0.125. The van der Waals surface area contributed by atoms with Crippen molar-refractivity contribution in [3.05, 3.63) is 58.7 Å². The maximum atomic E-state index is 13.5. The van der Waals surface area contributed by atoms with E-state index in [9.17, 15) is 37.2 Å². The van der Waals surface area contributed by atoms with Gasteiger partial charge in [0.15, 0.2) is 34.7 Å². The second kappa shape index (κ2) is 9.22. The van der Waals surface area contributed by atoms with Gasteiger partial charge in [-0.3, -0.25) is 28.8 Å². The molecule has 4 aliphatic rings. The molecule has 200 valence electrons. The fraction of sp³-hybridized carbons (Fsp3) is 0.357. The first-order chi connectivity index (χ1) is 18.6. The molecule has 2 aliphatic heterocycles. The van der Waals surface area contributed by atoms with Crippen molar-refractivity contribution in [3.63, 3.8) is 0 Å². The Morgan fingerprint density at radius 3 is 1.36 bits per heavy atom. The molecule has 2 fully saturated rings. The molecule has 2 aromatic carbocycles. The molecule has 2 saturated heterocycles. The molecule has 2 aromatic rings. The van der Waals surface area contributed by atoms with Crippen LogP contribution in [0.5, 0.6) is 0 Å². The normalized spacial score (nSPS) is 26.3. The van der Waals surface area contributed by atoms with E-state index in [1.807, 2.05) is 0 Å². The van der Waals surface area contributed by atoms with Crippen LogP contribution in [0.15, 0.2) is 46.2 Å². The van der Waals surface area contributed by atoms with Crippen molar-refractivity contribution >= 4 is 44.5 Å². The van der Waals surface area contributed by atoms with E-state index >= 15 is 0 Å². The fourth-order valence-corrected chi connectivity index (χ4v) is 7.03. The Labute approximate surface area is 222 Å². The van der Waals surface area contributed by atoms with E-state index in [0.717, 1.165) is 24.3 Å². The average Bonchev–Trinajstić information content (AvgIpc) is 3.73. The molecule has 0 radical (unpaired) electrons. The van der Waals surface area contributed by atoms with E-state index in [1.165, 1.54) is 12.1 Å². The van der Waals surface area contributed by atoms with E-state index in [0.29, 0.717) is 26.1 Å². The minimum atomic E-state index is -4.31. The molecule has 6 rings (SSSR count). The molecule has 2 heterocycles. The van der Waals surface area contributed by atoms with Gasteiger partial charge in [0, 0.05) is 47.3 Å². The van der Waals surface area contributed by atoms with Gasteiger partial charge in [-0.15, -0.1) is 0 Å². The van der Waals surface area contributed by atoms with Gasteiger partial charge in [-0.25, -0.2) is 8.42 Å². The first-order valence-electron chi connectivity index (χ1n) is 12.5. The van der Waals surface area contributed by atoms with Crippen LogP contribution >= 0.6 is 0 Å². The van der Waals surface area contributed by atoms with E-state index in [-0.39, 0.29) is 45.3 Å². The van der Waals surface area contributed by atoms with E-state index in [4.69, 9.17) is 9.47 Å². The van der Waals surface area contributed by atoms with Crippen molar-refractivity contribution in [1.82, 2.24) is 0 Å². The third kappa shape index (κ3) is 3.87. The van der Waals surface area contributed by atoms with Gasteiger partial charge in [-0.05, 0) is 49.2 Å². The number of ketones is 6. The third-order valence-corrected chi connectivity index (χ3v) is 9.70. The Hall–Kier alpha value is -3.67. The van der Waals surface area contributed by atoms with Crippen molar-refractivity contribution in [1.29, 1.82) is 0 Å². The van der Waals surface area contributed by atoms with Crippen LogP contribution in [0.3, 0.4) is 0 Å². The van der Waals surface area contributed by atoms with Gasteiger partial charge in [0.1, 0.15) is 11.8 Å². The number of carbonyl (C=O) groups excluding carboxylic acids is 6. The summed E-state index contributed by atoms with van der Waals surface area (Å²) in [5, 5.41) is 0. The Morgan fingerprint density at radius 2 is 1.00 bits per heavy atom. The lowest BCUT2D eigenvalue weighted by Crippen LogP contribution is -2.31. The number of carbonyl (C=O) groups is 6. The summed E-state index contributed by atoms with van der Waals surface area (Å²) < 4.78 is 37.4. The van der Waals surface area contributed by atoms with Crippen LogP contribution in [-0.4, -0.2) is 69.5 Å². The van der Waals surface area contributed by atoms with Crippen LogP contribution in [0.4, 0.5) is 0 Å². The fourth-order valence-electron chi connectivity index (χ4n) is 5.72. The van der Waals surface area contributed by atoms with Gasteiger partial charge in [0.25, 0.3) is 0 Å². The van der Waals surface area contributed by atoms with Crippen molar-refractivity contribution < 1.29 is 46.7 Å². The zero-order valence-electron chi connectivity index (χ0n) is 20.5.